The molecule has 4 atom stereocenters. The number of unbranched alkanes of at least 4 members (excludes halogenated alkanes) is 5. The molecule has 4 fully saturated rings. The SMILES string of the molecule is O=C(NCCCCCCCCNC(=O)NC1CCC(CCN2[C@@H]3CC[C@H]2c2ccccc23)CC1)NC1CCC(CCN2[C@@H]3CC[C@H]2c2ccccc23)CC1. The van der Waals surface area contributed by atoms with Gasteiger partial charge < -0.3 is 21.3 Å². The minimum atomic E-state index is 0.0120. The number of carbonyl (C=O) groups is 2. The van der Waals surface area contributed by atoms with Gasteiger partial charge in [-0.2, -0.15) is 0 Å². The Morgan fingerprint density at radius 2 is 0.796 bits per heavy atom. The van der Waals surface area contributed by atoms with Crippen LogP contribution in [-0.2, 0) is 0 Å². The van der Waals surface area contributed by atoms with E-state index < -0.39 is 0 Å². The van der Waals surface area contributed by atoms with E-state index in [2.05, 4.69) is 79.6 Å². The van der Waals surface area contributed by atoms with Gasteiger partial charge in [0.1, 0.15) is 0 Å². The number of carbonyl (C=O) groups excluding carboxylic acids is 2. The van der Waals surface area contributed by atoms with Gasteiger partial charge in [0.25, 0.3) is 0 Å². The molecule has 0 radical (unpaired) electrons. The van der Waals surface area contributed by atoms with E-state index in [1.165, 1.54) is 90.1 Å². The number of fused-ring (bicyclic) bond motifs is 10. The maximum atomic E-state index is 12.5. The zero-order chi connectivity index (χ0) is 36.7. The maximum absolute atomic E-state index is 12.5. The molecule has 4 aliphatic heterocycles. The van der Waals surface area contributed by atoms with Crippen LogP contribution in [0.5, 0.6) is 0 Å². The summed E-state index contributed by atoms with van der Waals surface area (Å²) in [5, 5.41) is 12.7. The van der Waals surface area contributed by atoms with Crippen molar-refractivity contribution in [3.63, 3.8) is 0 Å². The van der Waals surface area contributed by atoms with Gasteiger partial charge in [-0.05, 0) is 150 Å². The highest BCUT2D eigenvalue weighted by molar-refractivity contribution is 5.74. The lowest BCUT2D eigenvalue weighted by molar-refractivity contribution is 0.185. The van der Waals surface area contributed by atoms with Gasteiger partial charge in [0.2, 0.25) is 0 Å². The van der Waals surface area contributed by atoms with Crippen LogP contribution in [0.2, 0.25) is 0 Å². The van der Waals surface area contributed by atoms with Gasteiger partial charge in [0.15, 0.2) is 0 Å². The van der Waals surface area contributed by atoms with E-state index in [9.17, 15) is 9.59 Å². The molecule has 2 saturated carbocycles. The summed E-state index contributed by atoms with van der Waals surface area (Å²) >= 11 is 0. The van der Waals surface area contributed by atoms with Gasteiger partial charge in [-0.25, -0.2) is 9.59 Å². The number of rotatable bonds is 17. The number of benzene rings is 2. The van der Waals surface area contributed by atoms with Gasteiger partial charge in [-0.15, -0.1) is 0 Å². The van der Waals surface area contributed by atoms with Crippen molar-refractivity contribution in [2.75, 3.05) is 26.2 Å². The zero-order valence-corrected chi connectivity index (χ0v) is 32.9. The minimum absolute atomic E-state index is 0.0120. The second-order valence-corrected chi connectivity index (χ2v) is 17.9. The van der Waals surface area contributed by atoms with E-state index in [1.807, 2.05) is 0 Å². The lowest BCUT2D eigenvalue weighted by atomic mass is 9.84. The first-order valence-corrected chi connectivity index (χ1v) is 22.4. The van der Waals surface area contributed by atoms with E-state index in [1.54, 1.807) is 22.3 Å². The van der Waals surface area contributed by atoms with E-state index in [-0.39, 0.29) is 12.1 Å². The van der Waals surface area contributed by atoms with Crippen LogP contribution in [0, 0.1) is 11.8 Å². The van der Waals surface area contributed by atoms with Crippen LogP contribution in [0.4, 0.5) is 9.59 Å². The zero-order valence-electron chi connectivity index (χ0n) is 32.9. The molecule has 6 aliphatic rings. The number of nitrogens with one attached hydrogen (secondary N) is 4. The van der Waals surface area contributed by atoms with E-state index in [4.69, 9.17) is 0 Å². The average Bonchev–Trinajstić information content (AvgIpc) is 3.96. The first kappa shape index (κ1) is 37.8. The summed E-state index contributed by atoms with van der Waals surface area (Å²) in [4.78, 5) is 30.6. The van der Waals surface area contributed by atoms with E-state index in [0.29, 0.717) is 36.3 Å². The van der Waals surface area contributed by atoms with Crippen LogP contribution >= 0.6 is 0 Å². The van der Waals surface area contributed by atoms with Gasteiger partial charge in [-0.1, -0.05) is 74.2 Å². The molecule has 4 N–H and O–H groups in total. The highest BCUT2D eigenvalue weighted by atomic mass is 16.2. The van der Waals surface area contributed by atoms with Crippen molar-refractivity contribution in [3.8, 4) is 0 Å². The Morgan fingerprint density at radius 1 is 0.463 bits per heavy atom. The van der Waals surface area contributed by atoms with Gasteiger partial charge in [-0.3, -0.25) is 9.80 Å². The normalized spacial score (nSPS) is 29.9. The third-order valence-electron chi connectivity index (χ3n) is 14.6. The van der Waals surface area contributed by atoms with Crippen LogP contribution in [0.3, 0.4) is 0 Å². The topological polar surface area (TPSA) is 88.7 Å². The Bertz CT molecular complexity index is 1360. The molecule has 2 saturated heterocycles. The summed E-state index contributed by atoms with van der Waals surface area (Å²) in [6.07, 6.45) is 24.0. The van der Waals surface area contributed by atoms with Crippen molar-refractivity contribution in [1.29, 1.82) is 0 Å². The molecule has 2 aliphatic carbocycles. The first-order chi connectivity index (χ1) is 26.6. The maximum Gasteiger partial charge on any atom is 0.315 e. The number of amides is 4. The molecule has 0 aromatic heterocycles. The molecule has 4 heterocycles. The van der Waals surface area contributed by atoms with Crippen molar-refractivity contribution in [1.82, 2.24) is 31.1 Å². The van der Waals surface area contributed by atoms with Crippen LogP contribution in [0.25, 0.3) is 0 Å². The Hall–Kier alpha value is -3.10. The third-order valence-corrected chi connectivity index (χ3v) is 14.6. The summed E-state index contributed by atoms with van der Waals surface area (Å²) in [6, 6.07) is 21.5. The monoisotopic (exact) mass is 737 g/mol. The molecule has 0 unspecified atom stereocenters. The van der Waals surface area contributed by atoms with Gasteiger partial charge in [0, 0.05) is 49.3 Å². The second-order valence-electron chi connectivity index (χ2n) is 17.9. The molecule has 2 aromatic rings. The quantitative estimate of drug-likeness (QED) is 0.122. The molecule has 2 aromatic carbocycles. The summed E-state index contributed by atoms with van der Waals surface area (Å²) in [5.41, 5.74) is 6.34. The van der Waals surface area contributed by atoms with E-state index in [0.717, 1.165) is 76.3 Å². The predicted molar refractivity (Wildman–Crippen MR) is 217 cm³/mol. The first-order valence-electron chi connectivity index (χ1n) is 22.4. The number of urea groups is 2. The number of hydrogen-bond acceptors (Lipinski definition) is 4. The summed E-state index contributed by atoms with van der Waals surface area (Å²) in [7, 11) is 0. The molecular formula is C46H68N6O2. The molecule has 8 rings (SSSR count). The van der Waals surface area contributed by atoms with Crippen molar-refractivity contribution in [2.24, 2.45) is 11.8 Å². The Labute approximate surface area is 325 Å². The third kappa shape index (κ3) is 8.96. The molecule has 4 amide bonds. The highest BCUT2D eigenvalue weighted by Crippen LogP contribution is 2.54. The molecule has 8 heteroatoms. The fourth-order valence-electron chi connectivity index (χ4n) is 11.6. The molecule has 294 valence electrons. The van der Waals surface area contributed by atoms with Crippen molar-refractivity contribution in [3.05, 3.63) is 70.8 Å². The lowest BCUT2D eigenvalue weighted by Crippen LogP contribution is -2.44. The Kier molecular flexibility index (Phi) is 12.8. The summed E-state index contributed by atoms with van der Waals surface area (Å²) < 4.78 is 0. The minimum Gasteiger partial charge on any atom is -0.338 e. The average molecular weight is 737 g/mol. The van der Waals surface area contributed by atoms with Crippen LogP contribution in [0.1, 0.15) is 175 Å². The van der Waals surface area contributed by atoms with Crippen molar-refractivity contribution < 1.29 is 9.59 Å². The summed E-state index contributed by atoms with van der Waals surface area (Å²) in [6.45, 7) is 3.94. The fourth-order valence-corrected chi connectivity index (χ4v) is 11.6. The predicted octanol–water partition coefficient (Wildman–Crippen LogP) is 9.61. The number of hydrogen-bond donors (Lipinski definition) is 4. The Morgan fingerprint density at radius 3 is 1.15 bits per heavy atom. The molecular weight excluding hydrogens is 669 g/mol. The number of nitrogens with zero attached hydrogens (tertiary/aromatic N) is 2. The Balaban J connectivity index is 0.587. The van der Waals surface area contributed by atoms with Crippen LogP contribution in [-0.4, -0.2) is 60.1 Å². The van der Waals surface area contributed by atoms with Crippen molar-refractivity contribution >= 4 is 12.1 Å². The van der Waals surface area contributed by atoms with Gasteiger partial charge in [0.05, 0.1) is 0 Å². The molecule has 54 heavy (non-hydrogen) atoms. The van der Waals surface area contributed by atoms with Gasteiger partial charge >= 0.3 is 12.1 Å². The van der Waals surface area contributed by atoms with Crippen LogP contribution < -0.4 is 21.3 Å². The highest BCUT2D eigenvalue weighted by Gasteiger charge is 2.44. The largest absolute Gasteiger partial charge is 0.338 e. The summed E-state index contributed by atoms with van der Waals surface area (Å²) in [5.74, 6) is 1.59. The van der Waals surface area contributed by atoms with Crippen molar-refractivity contribution in [2.45, 2.75) is 165 Å². The smallest absolute Gasteiger partial charge is 0.315 e. The molecule has 0 spiro atoms. The second kappa shape index (κ2) is 18.2. The standard InChI is InChI=1S/C46H68N6O2/c53-45(49-35-19-15-33(16-20-35)27-31-51-41-23-24-42(51)38-12-6-5-11-37(38)41)47-29-9-3-1-2-4-10-30-48-46(54)50-36-21-17-34(18-22-36)28-32-52-43-25-26-44(52)40-14-8-7-13-39(40)43/h5-8,11-14,33-36,41-44H,1-4,9-10,15-32H2,(H2,47,49,53)(H2,48,50,54)/t33?,34?,35?,36?,41-,42+,43-,44+. The fraction of sp³-hybridized carbons (Fsp3) is 0.696. The van der Waals surface area contributed by atoms with E-state index >= 15 is 0 Å². The van der Waals surface area contributed by atoms with Crippen LogP contribution in [0.15, 0.2) is 48.5 Å². The molecule has 4 bridgehead atoms. The lowest BCUT2D eigenvalue weighted by Gasteiger charge is -2.31. The molecule has 8 nitrogen and oxygen atoms in total.